The summed E-state index contributed by atoms with van der Waals surface area (Å²) in [5, 5.41) is 6.96. The number of rotatable bonds is 5. The summed E-state index contributed by atoms with van der Waals surface area (Å²) in [6.07, 6.45) is 0. The molecule has 8 heteroatoms. The molecule has 0 radical (unpaired) electrons. The zero-order chi connectivity index (χ0) is 18.5. The van der Waals surface area contributed by atoms with Gasteiger partial charge in [-0.1, -0.05) is 12.1 Å². The van der Waals surface area contributed by atoms with Gasteiger partial charge in [-0.2, -0.15) is 0 Å². The van der Waals surface area contributed by atoms with Crippen molar-refractivity contribution < 1.29 is 18.4 Å². The summed E-state index contributed by atoms with van der Waals surface area (Å²) in [4.78, 5) is 28.0. The molecule has 0 atom stereocenters. The largest absolute Gasteiger partial charge is 0.343 e. The summed E-state index contributed by atoms with van der Waals surface area (Å²) in [7, 11) is 0. The molecule has 0 aliphatic rings. The zero-order valence-corrected chi connectivity index (χ0v) is 14.1. The second-order valence-corrected chi connectivity index (χ2v) is 6.11. The van der Waals surface area contributed by atoms with Crippen molar-refractivity contribution in [2.45, 2.75) is 0 Å². The number of hydrogen-bond donors (Lipinski definition) is 2. The van der Waals surface area contributed by atoms with Gasteiger partial charge in [0, 0.05) is 10.9 Å². The molecular weight excluding hydrogens is 360 g/mol. The molecule has 3 aromatic rings. The Morgan fingerprint density at radius 3 is 2.50 bits per heavy atom. The smallest absolute Gasteiger partial charge is 0.254 e. The fraction of sp³-hybridized carbons (Fsp3) is 0.0556. The molecule has 1 heterocycles. The first-order chi connectivity index (χ1) is 12.5. The number of carbonyl (C=O) groups excluding carboxylic acids is 2. The summed E-state index contributed by atoms with van der Waals surface area (Å²) < 4.78 is 26.5. The van der Waals surface area contributed by atoms with Gasteiger partial charge in [0.1, 0.15) is 11.6 Å². The van der Waals surface area contributed by atoms with Crippen LogP contribution in [0.4, 0.5) is 13.9 Å². The summed E-state index contributed by atoms with van der Waals surface area (Å²) in [5.41, 5.74) is 1.19. The van der Waals surface area contributed by atoms with Crippen molar-refractivity contribution in [1.82, 2.24) is 10.3 Å². The monoisotopic (exact) mass is 373 g/mol. The quantitative estimate of drug-likeness (QED) is 0.720. The van der Waals surface area contributed by atoms with Crippen LogP contribution in [0.15, 0.2) is 53.9 Å². The molecule has 2 N–H and O–H groups in total. The van der Waals surface area contributed by atoms with Gasteiger partial charge in [0.05, 0.1) is 17.8 Å². The van der Waals surface area contributed by atoms with Gasteiger partial charge in [-0.3, -0.25) is 9.59 Å². The third kappa shape index (κ3) is 4.28. The maximum atomic E-state index is 13.5. The Balaban J connectivity index is 1.56. The maximum absolute atomic E-state index is 13.5. The first kappa shape index (κ1) is 17.7. The fourth-order valence-corrected chi connectivity index (χ4v) is 2.88. The standard InChI is InChI=1S/C18H13F2N3O2S/c19-12-7-5-11(6-8-12)15-10-26-18(22-15)23-16(24)9-21-17(25)13-3-1-2-4-14(13)20/h1-8,10H,9H2,(H,21,25)(H,22,23,24). The lowest BCUT2D eigenvalue weighted by molar-refractivity contribution is -0.115. The number of anilines is 1. The molecule has 0 aliphatic heterocycles. The lowest BCUT2D eigenvalue weighted by Gasteiger charge is -2.05. The molecule has 132 valence electrons. The van der Waals surface area contributed by atoms with Crippen LogP contribution in [0.2, 0.25) is 0 Å². The van der Waals surface area contributed by atoms with Crippen molar-refractivity contribution in [1.29, 1.82) is 0 Å². The maximum Gasteiger partial charge on any atom is 0.254 e. The summed E-state index contributed by atoms with van der Waals surface area (Å²) >= 11 is 1.20. The third-order valence-electron chi connectivity index (χ3n) is 3.42. The van der Waals surface area contributed by atoms with Crippen LogP contribution in [-0.2, 0) is 4.79 Å². The van der Waals surface area contributed by atoms with Crippen LogP contribution in [0.25, 0.3) is 11.3 Å². The number of benzene rings is 2. The molecule has 0 bridgehead atoms. The molecule has 5 nitrogen and oxygen atoms in total. The summed E-state index contributed by atoms with van der Waals surface area (Å²) in [5.74, 6) is -2.17. The molecular formula is C18H13F2N3O2S. The van der Waals surface area contributed by atoms with E-state index in [2.05, 4.69) is 15.6 Å². The number of aromatic nitrogens is 1. The summed E-state index contributed by atoms with van der Waals surface area (Å²) in [6, 6.07) is 11.3. The van der Waals surface area contributed by atoms with E-state index < -0.39 is 17.6 Å². The van der Waals surface area contributed by atoms with Crippen LogP contribution in [0.1, 0.15) is 10.4 Å². The lowest BCUT2D eigenvalue weighted by atomic mass is 10.2. The van der Waals surface area contributed by atoms with Gasteiger partial charge in [-0.05, 0) is 36.4 Å². The van der Waals surface area contributed by atoms with E-state index in [9.17, 15) is 18.4 Å². The molecule has 0 fully saturated rings. The second-order valence-electron chi connectivity index (χ2n) is 5.26. The van der Waals surface area contributed by atoms with E-state index in [1.165, 1.54) is 47.7 Å². The fourth-order valence-electron chi connectivity index (χ4n) is 2.15. The number of nitrogens with zero attached hydrogens (tertiary/aromatic N) is 1. The average molecular weight is 373 g/mol. The van der Waals surface area contributed by atoms with Crippen molar-refractivity contribution in [2.24, 2.45) is 0 Å². The van der Waals surface area contributed by atoms with E-state index in [0.717, 1.165) is 5.56 Å². The predicted octanol–water partition coefficient (Wildman–Crippen LogP) is 3.46. The molecule has 0 unspecified atom stereocenters. The van der Waals surface area contributed by atoms with Gasteiger partial charge in [0.2, 0.25) is 5.91 Å². The van der Waals surface area contributed by atoms with Crippen molar-refractivity contribution in [3.63, 3.8) is 0 Å². The van der Waals surface area contributed by atoms with Crippen molar-refractivity contribution >= 4 is 28.3 Å². The number of amides is 2. The van der Waals surface area contributed by atoms with Gasteiger partial charge in [-0.25, -0.2) is 13.8 Å². The van der Waals surface area contributed by atoms with Crippen molar-refractivity contribution in [2.75, 3.05) is 11.9 Å². The molecule has 1 aromatic heterocycles. The zero-order valence-electron chi connectivity index (χ0n) is 13.3. The second kappa shape index (κ2) is 7.83. The summed E-state index contributed by atoms with van der Waals surface area (Å²) in [6.45, 7) is -0.321. The van der Waals surface area contributed by atoms with Crippen LogP contribution < -0.4 is 10.6 Å². The molecule has 0 spiro atoms. The highest BCUT2D eigenvalue weighted by atomic mass is 32.1. The van der Waals surface area contributed by atoms with Crippen LogP contribution >= 0.6 is 11.3 Å². The minimum absolute atomic E-state index is 0.131. The third-order valence-corrected chi connectivity index (χ3v) is 4.18. The Bertz CT molecular complexity index is 942. The normalized spacial score (nSPS) is 10.4. The van der Waals surface area contributed by atoms with E-state index in [4.69, 9.17) is 0 Å². The highest BCUT2D eigenvalue weighted by Crippen LogP contribution is 2.24. The Hall–Kier alpha value is -3.13. The topological polar surface area (TPSA) is 71.1 Å². The first-order valence-electron chi connectivity index (χ1n) is 7.57. The van der Waals surface area contributed by atoms with E-state index in [1.807, 2.05) is 0 Å². The Labute approximate surface area is 151 Å². The van der Waals surface area contributed by atoms with Crippen LogP contribution in [0, 0.1) is 11.6 Å². The highest BCUT2D eigenvalue weighted by Gasteiger charge is 2.13. The number of nitrogens with one attached hydrogen (secondary N) is 2. The van der Waals surface area contributed by atoms with Crippen molar-refractivity contribution in [3.05, 3.63) is 71.1 Å². The number of hydrogen-bond acceptors (Lipinski definition) is 4. The molecule has 0 saturated carbocycles. The van der Waals surface area contributed by atoms with Gasteiger partial charge in [-0.15, -0.1) is 11.3 Å². The SMILES string of the molecule is O=C(CNC(=O)c1ccccc1F)Nc1nc(-c2ccc(F)cc2)cs1. The number of carbonyl (C=O) groups is 2. The molecule has 2 amide bonds. The number of halogens is 2. The van der Waals surface area contributed by atoms with Gasteiger partial charge < -0.3 is 10.6 Å². The van der Waals surface area contributed by atoms with E-state index in [1.54, 1.807) is 17.5 Å². The minimum atomic E-state index is -0.676. The van der Waals surface area contributed by atoms with E-state index in [0.29, 0.717) is 10.8 Å². The Kier molecular flexibility index (Phi) is 5.33. The Morgan fingerprint density at radius 2 is 1.77 bits per heavy atom. The van der Waals surface area contributed by atoms with E-state index >= 15 is 0 Å². The van der Waals surface area contributed by atoms with Gasteiger partial charge in [0.25, 0.3) is 5.91 Å². The van der Waals surface area contributed by atoms with Crippen molar-refractivity contribution in [3.8, 4) is 11.3 Å². The Morgan fingerprint density at radius 1 is 1.04 bits per heavy atom. The molecule has 0 aliphatic carbocycles. The van der Waals surface area contributed by atoms with Gasteiger partial charge >= 0.3 is 0 Å². The van der Waals surface area contributed by atoms with E-state index in [-0.39, 0.29) is 17.9 Å². The minimum Gasteiger partial charge on any atom is -0.343 e. The number of thiazole rings is 1. The van der Waals surface area contributed by atoms with Crippen LogP contribution in [0.3, 0.4) is 0 Å². The van der Waals surface area contributed by atoms with Crippen LogP contribution in [0.5, 0.6) is 0 Å². The molecule has 0 saturated heterocycles. The molecule has 3 rings (SSSR count). The first-order valence-corrected chi connectivity index (χ1v) is 8.45. The highest BCUT2D eigenvalue weighted by molar-refractivity contribution is 7.14. The lowest BCUT2D eigenvalue weighted by Crippen LogP contribution is -2.33. The molecule has 26 heavy (non-hydrogen) atoms. The molecule has 2 aromatic carbocycles. The van der Waals surface area contributed by atoms with Crippen LogP contribution in [-0.4, -0.2) is 23.3 Å². The predicted molar refractivity (Wildman–Crippen MR) is 94.9 cm³/mol. The van der Waals surface area contributed by atoms with Gasteiger partial charge in [0.15, 0.2) is 5.13 Å². The average Bonchev–Trinajstić information content (AvgIpc) is 3.09.